The zero-order valence-corrected chi connectivity index (χ0v) is 11.2. The van der Waals surface area contributed by atoms with Crippen LogP contribution in [0.1, 0.15) is 13.3 Å². The standard InChI is InChI=1S/C13H20N2OS/c1-10-7-13(8-14,9-17-10)15-11-5-3-4-6-12(11)16-2/h3-6,10,15H,7-9,14H2,1-2H3. The number of nitrogens with two attached hydrogens (primary N) is 1. The van der Waals surface area contributed by atoms with E-state index >= 15 is 0 Å². The first-order chi connectivity index (χ1) is 8.19. The topological polar surface area (TPSA) is 47.3 Å². The van der Waals surface area contributed by atoms with Gasteiger partial charge in [-0.05, 0) is 18.6 Å². The van der Waals surface area contributed by atoms with Crippen molar-refractivity contribution in [3.05, 3.63) is 24.3 Å². The lowest BCUT2D eigenvalue weighted by atomic mass is 9.96. The first-order valence-electron chi connectivity index (χ1n) is 5.92. The zero-order valence-electron chi connectivity index (χ0n) is 10.4. The summed E-state index contributed by atoms with van der Waals surface area (Å²) in [5.41, 5.74) is 7.00. The normalized spacial score (nSPS) is 28.1. The van der Waals surface area contributed by atoms with Gasteiger partial charge in [0.15, 0.2) is 0 Å². The summed E-state index contributed by atoms with van der Waals surface area (Å²) in [6.45, 7) is 2.91. The molecule has 1 aliphatic heterocycles. The molecule has 2 atom stereocenters. The maximum absolute atomic E-state index is 5.95. The van der Waals surface area contributed by atoms with Gasteiger partial charge in [-0.1, -0.05) is 19.1 Å². The highest BCUT2D eigenvalue weighted by Gasteiger charge is 2.37. The Labute approximate surface area is 107 Å². The van der Waals surface area contributed by atoms with Crippen LogP contribution in [-0.4, -0.2) is 30.2 Å². The Balaban J connectivity index is 2.18. The van der Waals surface area contributed by atoms with Gasteiger partial charge in [-0.25, -0.2) is 0 Å². The summed E-state index contributed by atoms with van der Waals surface area (Å²) in [5.74, 6) is 1.94. The van der Waals surface area contributed by atoms with Crippen molar-refractivity contribution >= 4 is 17.4 Å². The highest BCUT2D eigenvalue weighted by atomic mass is 32.2. The van der Waals surface area contributed by atoms with Crippen molar-refractivity contribution in [3.63, 3.8) is 0 Å². The van der Waals surface area contributed by atoms with Gasteiger partial charge in [0.1, 0.15) is 5.75 Å². The van der Waals surface area contributed by atoms with E-state index in [9.17, 15) is 0 Å². The minimum absolute atomic E-state index is 0.0126. The van der Waals surface area contributed by atoms with Crippen molar-refractivity contribution in [1.82, 2.24) is 0 Å². The number of para-hydroxylation sites is 2. The van der Waals surface area contributed by atoms with Crippen molar-refractivity contribution in [3.8, 4) is 5.75 Å². The Bertz CT molecular complexity index is 385. The maximum atomic E-state index is 5.95. The van der Waals surface area contributed by atoms with Crippen LogP contribution < -0.4 is 15.8 Å². The number of hydrogen-bond donors (Lipinski definition) is 2. The highest BCUT2D eigenvalue weighted by molar-refractivity contribution is 8.00. The summed E-state index contributed by atoms with van der Waals surface area (Å²) < 4.78 is 5.36. The Morgan fingerprint density at radius 2 is 2.29 bits per heavy atom. The monoisotopic (exact) mass is 252 g/mol. The van der Waals surface area contributed by atoms with Gasteiger partial charge in [0, 0.05) is 17.5 Å². The number of anilines is 1. The average Bonchev–Trinajstić information content (AvgIpc) is 2.72. The summed E-state index contributed by atoms with van der Waals surface area (Å²) in [5, 5.41) is 4.25. The second-order valence-electron chi connectivity index (χ2n) is 4.64. The third-order valence-electron chi connectivity index (χ3n) is 3.22. The molecule has 3 nitrogen and oxygen atoms in total. The molecule has 1 aliphatic rings. The van der Waals surface area contributed by atoms with E-state index in [1.165, 1.54) is 0 Å². The van der Waals surface area contributed by atoms with Gasteiger partial charge in [0.2, 0.25) is 0 Å². The summed E-state index contributed by atoms with van der Waals surface area (Å²) >= 11 is 1.98. The Hall–Kier alpha value is -0.870. The van der Waals surface area contributed by atoms with E-state index in [2.05, 4.69) is 12.2 Å². The summed E-state index contributed by atoms with van der Waals surface area (Å²) in [4.78, 5) is 0. The molecule has 1 aromatic carbocycles. The third-order valence-corrected chi connectivity index (χ3v) is 4.67. The van der Waals surface area contributed by atoms with E-state index in [4.69, 9.17) is 10.5 Å². The van der Waals surface area contributed by atoms with Crippen LogP contribution in [0, 0.1) is 0 Å². The van der Waals surface area contributed by atoms with Crippen LogP contribution >= 0.6 is 11.8 Å². The smallest absolute Gasteiger partial charge is 0.141 e. The van der Waals surface area contributed by atoms with Crippen molar-refractivity contribution in [1.29, 1.82) is 0 Å². The van der Waals surface area contributed by atoms with Crippen molar-refractivity contribution in [2.75, 3.05) is 24.7 Å². The van der Waals surface area contributed by atoms with Crippen molar-refractivity contribution in [2.45, 2.75) is 24.1 Å². The van der Waals surface area contributed by atoms with Gasteiger partial charge in [0.25, 0.3) is 0 Å². The Morgan fingerprint density at radius 3 is 2.88 bits per heavy atom. The predicted octanol–water partition coefficient (Wildman–Crippen LogP) is 2.33. The summed E-state index contributed by atoms with van der Waals surface area (Å²) in [7, 11) is 1.70. The largest absolute Gasteiger partial charge is 0.495 e. The lowest BCUT2D eigenvalue weighted by Crippen LogP contribution is -2.46. The molecule has 0 spiro atoms. The molecule has 1 fully saturated rings. The van der Waals surface area contributed by atoms with Gasteiger partial charge in [0.05, 0.1) is 18.3 Å². The molecule has 1 heterocycles. The van der Waals surface area contributed by atoms with Crippen LogP contribution in [0.4, 0.5) is 5.69 Å². The molecule has 0 amide bonds. The molecular weight excluding hydrogens is 232 g/mol. The molecule has 0 saturated carbocycles. The molecule has 1 saturated heterocycles. The molecule has 94 valence electrons. The van der Waals surface area contributed by atoms with Gasteiger partial charge in [-0.3, -0.25) is 0 Å². The highest BCUT2D eigenvalue weighted by Crippen LogP contribution is 2.38. The molecule has 0 radical (unpaired) electrons. The van der Waals surface area contributed by atoms with Crippen LogP contribution in [0.5, 0.6) is 5.75 Å². The minimum atomic E-state index is 0.0126. The Morgan fingerprint density at radius 1 is 1.53 bits per heavy atom. The first kappa shape index (κ1) is 12.6. The van der Waals surface area contributed by atoms with E-state index in [0.717, 1.165) is 23.6 Å². The van der Waals surface area contributed by atoms with E-state index in [1.54, 1.807) is 7.11 Å². The van der Waals surface area contributed by atoms with Crippen LogP contribution in [0.2, 0.25) is 0 Å². The quantitative estimate of drug-likeness (QED) is 0.863. The number of benzene rings is 1. The number of ether oxygens (including phenoxy) is 1. The minimum Gasteiger partial charge on any atom is -0.495 e. The fourth-order valence-corrected chi connectivity index (χ4v) is 3.63. The number of methoxy groups -OCH3 is 1. The van der Waals surface area contributed by atoms with E-state index < -0.39 is 0 Å². The van der Waals surface area contributed by atoms with Crippen LogP contribution in [0.15, 0.2) is 24.3 Å². The predicted molar refractivity (Wildman–Crippen MR) is 74.9 cm³/mol. The van der Waals surface area contributed by atoms with Crippen LogP contribution in [0.3, 0.4) is 0 Å². The molecule has 2 unspecified atom stereocenters. The molecule has 4 heteroatoms. The van der Waals surface area contributed by atoms with Crippen molar-refractivity contribution in [2.24, 2.45) is 5.73 Å². The third kappa shape index (κ3) is 2.69. The van der Waals surface area contributed by atoms with E-state index in [0.29, 0.717) is 11.8 Å². The fourth-order valence-electron chi connectivity index (χ4n) is 2.28. The van der Waals surface area contributed by atoms with E-state index in [-0.39, 0.29) is 5.54 Å². The van der Waals surface area contributed by atoms with E-state index in [1.807, 2.05) is 36.0 Å². The first-order valence-corrected chi connectivity index (χ1v) is 6.97. The number of thioether (sulfide) groups is 1. The number of rotatable bonds is 4. The maximum Gasteiger partial charge on any atom is 0.141 e. The molecule has 17 heavy (non-hydrogen) atoms. The fraction of sp³-hybridized carbons (Fsp3) is 0.538. The lowest BCUT2D eigenvalue weighted by molar-refractivity contribution is 0.413. The van der Waals surface area contributed by atoms with Crippen molar-refractivity contribution < 1.29 is 4.74 Å². The molecule has 0 bridgehead atoms. The Kier molecular flexibility index (Phi) is 3.84. The number of hydrogen-bond acceptors (Lipinski definition) is 4. The summed E-state index contributed by atoms with van der Waals surface area (Å²) in [6.07, 6.45) is 1.10. The molecule has 0 aromatic heterocycles. The second-order valence-corrected chi connectivity index (χ2v) is 6.06. The lowest BCUT2D eigenvalue weighted by Gasteiger charge is -2.30. The molecular formula is C13H20N2OS. The van der Waals surface area contributed by atoms with Crippen LogP contribution in [-0.2, 0) is 0 Å². The van der Waals surface area contributed by atoms with Gasteiger partial charge in [-0.2, -0.15) is 11.8 Å². The van der Waals surface area contributed by atoms with Gasteiger partial charge < -0.3 is 15.8 Å². The summed E-state index contributed by atoms with van der Waals surface area (Å²) in [6, 6.07) is 8.01. The molecule has 0 aliphatic carbocycles. The second kappa shape index (κ2) is 5.19. The molecule has 1 aromatic rings. The van der Waals surface area contributed by atoms with Gasteiger partial charge in [-0.15, -0.1) is 0 Å². The average molecular weight is 252 g/mol. The van der Waals surface area contributed by atoms with Gasteiger partial charge >= 0.3 is 0 Å². The number of nitrogens with one attached hydrogen (secondary N) is 1. The van der Waals surface area contributed by atoms with Crippen LogP contribution in [0.25, 0.3) is 0 Å². The molecule has 3 N–H and O–H groups in total. The SMILES string of the molecule is COc1ccccc1NC1(CN)CSC(C)C1. The molecule has 2 rings (SSSR count). The zero-order chi connectivity index (χ0) is 12.3.